The van der Waals surface area contributed by atoms with Crippen LogP contribution in [0.1, 0.15) is 16.7 Å². The number of H-pyrrole nitrogens is 2. The number of aromatic amines is 2. The van der Waals surface area contributed by atoms with E-state index in [2.05, 4.69) is 88.8 Å². The number of rotatable bonds is 8. The van der Waals surface area contributed by atoms with Gasteiger partial charge in [0.25, 0.3) is 0 Å². The molecule has 0 saturated carbocycles. The maximum atomic E-state index is 9.96. The summed E-state index contributed by atoms with van der Waals surface area (Å²) in [6.07, 6.45) is 11.1. The predicted octanol–water partition coefficient (Wildman–Crippen LogP) is 8.85. The van der Waals surface area contributed by atoms with Gasteiger partial charge in [0, 0.05) is 63.0 Å². The van der Waals surface area contributed by atoms with E-state index in [0.29, 0.717) is 0 Å². The van der Waals surface area contributed by atoms with Gasteiger partial charge in [0.15, 0.2) is 0 Å². The molecule has 0 bridgehead atoms. The van der Waals surface area contributed by atoms with Crippen molar-refractivity contribution in [2.24, 2.45) is 0 Å². The Kier molecular flexibility index (Phi) is 10.2. The van der Waals surface area contributed by atoms with Crippen LogP contribution in [0.15, 0.2) is 114 Å². The number of phenolic OH excluding ortho intramolecular Hbond substituents is 1. The van der Waals surface area contributed by atoms with Crippen LogP contribution in [-0.4, -0.2) is 68.8 Å². The van der Waals surface area contributed by atoms with Crippen LogP contribution in [0.4, 0.5) is 0 Å². The molecule has 0 aliphatic carbocycles. The molecular formula is C43H38BrN11O. The zero-order chi connectivity index (χ0) is 38.8. The summed E-state index contributed by atoms with van der Waals surface area (Å²) in [5.41, 5.74) is 16.1. The first-order valence-electron chi connectivity index (χ1n) is 18.1. The Balaban J connectivity index is 0.000000164. The molecule has 9 rings (SSSR count). The summed E-state index contributed by atoms with van der Waals surface area (Å²) in [5, 5.41) is 32.2. The molecule has 2 aromatic carbocycles. The third-order valence-electron chi connectivity index (χ3n) is 9.58. The molecule has 278 valence electrons. The lowest BCUT2D eigenvalue weighted by atomic mass is 9.99. The number of nitrogens with zero attached hydrogens (tertiary/aromatic N) is 8. The number of pyridine rings is 4. The Morgan fingerprint density at radius 3 is 1.95 bits per heavy atom. The molecule has 0 spiro atoms. The molecule has 0 aliphatic rings. The number of hydrogen-bond acceptors (Lipinski definition) is 9. The molecule has 0 aliphatic heterocycles. The van der Waals surface area contributed by atoms with Crippen molar-refractivity contribution in [1.82, 2.24) is 55.4 Å². The summed E-state index contributed by atoms with van der Waals surface area (Å²) < 4.78 is 2.83. The number of aryl methyl sites for hydroxylation is 3. The smallest absolute Gasteiger partial charge is 0.116 e. The van der Waals surface area contributed by atoms with Crippen molar-refractivity contribution in [3.05, 3.63) is 131 Å². The van der Waals surface area contributed by atoms with Crippen molar-refractivity contribution in [1.29, 1.82) is 0 Å². The lowest BCUT2D eigenvalue weighted by molar-refractivity contribution is 0.475. The minimum absolute atomic E-state index is 0.210. The topological polar surface area (TPSA) is 159 Å². The van der Waals surface area contributed by atoms with Gasteiger partial charge in [0.2, 0.25) is 0 Å². The summed E-state index contributed by atoms with van der Waals surface area (Å²) in [6, 6.07) is 23.6. The molecule has 9 aromatic rings. The van der Waals surface area contributed by atoms with Gasteiger partial charge in [-0.2, -0.15) is 15.3 Å². The van der Waals surface area contributed by atoms with E-state index in [1.165, 1.54) is 11.1 Å². The summed E-state index contributed by atoms with van der Waals surface area (Å²) in [6.45, 7) is 7.86. The van der Waals surface area contributed by atoms with Gasteiger partial charge in [0.1, 0.15) is 5.75 Å². The number of likely N-dealkylation sites (N-methyl/N-ethyl adjacent to an activating group) is 1. The fourth-order valence-corrected chi connectivity index (χ4v) is 6.88. The van der Waals surface area contributed by atoms with Crippen molar-refractivity contribution >= 4 is 38.0 Å². The summed E-state index contributed by atoms with van der Waals surface area (Å²) >= 11 is 3.45. The molecule has 4 N–H and O–H groups in total. The Labute approximate surface area is 331 Å². The second-order valence-corrected chi connectivity index (χ2v) is 14.5. The van der Waals surface area contributed by atoms with E-state index in [1.807, 2.05) is 85.9 Å². The van der Waals surface area contributed by atoms with Crippen molar-refractivity contribution in [3.8, 4) is 61.9 Å². The predicted molar refractivity (Wildman–Crippen MR) is 224 cm³/mol. The lowest BCUT2D eigenvalue weighted by Gasteiger charge is -2.08. The van der Waals surface area contributed by atoms with E-state index < -0.39 is 0 Å². The van der Waals surface area contributed by atoms with Gasteiger partial charge in [-0.15, -0.1) is 0 Å². The first-order chi connectivity index (χ1) is 27.2. The fraction of sp³-hybridized carbons (Fsp3) is 0.140. The van der Waals surface area contributed by atoms with Gasteiger partial charge in [-0.05, 0) is 109 Å². The molecular weight excluding hydrogens is 766 g/mol. The zero-order valence-corrected chi connectivity index (χ0v) is 32.8. The van der Waals surface area contributed by atoms with Gasteiger partial charge in [-0.1, -0.05) is 23.8 Å². The Hall–Kier alpha value is -6.57. The lowest BCUT2D eigenvalue weighted by Crippen LogP contribution is -2.14. The molecule has 0 unspecified atom stereocenters. The molecule has 13 heteroatoms. The first-order valence-corrected chi connectivity index (χ1v) is 18.8. The number of aromatic hydroxyl groups is 1. The third kappa shape index (κ3) is 7.54. The van der Waals surface area contributed by atoms with Crippen LogP contribution in [0.25, 0.3) is 78.2 Å². The summed E-state index contributed by atoms with van der Waals surface area (Å²) in [5.74, 6) is 0.210. The highest BCUT2D eigenvalue weighted by Gasteiger charge is 2.16. The first kappa shape index (κ1) is 36.4. The number of halogens is 1. The van der Waals surface area contributed by atoms with Crippen LogP contribution in [0, 0.1) is 20.8 Å². The molecule has 56 heavy (non-hydrogen) atoms. The second-order valence-electron chi connectivity index (χ2n) is 13.6. The number of benzene rings is 2. The van der Waals surface area contributed by atoms with Gasteiger partial charge < -0.3 is 10.4 Å². The van der Waals surface area contributed by atoms with Crippen molar-refractivity contribution in [3.63, 3.8) is 0 Å². The van der Waals surface area contributed by atoms with E-state index in [0.717, 1.165) is 101 Å². The van der Waals surface area contributed by atoms with Gasteiger partial charge in [-0.3, -0.25) is 24.8 Å². The maximum absolute atomic E-state index is 9.96. The average Bonchev–Trinajstić information content (AvgIpc) is 4.01. The molecule has 0 atom stereocenters. The molecule has 0 amide bonds. The standard InChI is InChI=1S/C24H23N7O.C19H15BrN4/c1-15-3-4-18(32)10-19(15)24-20(13-27-30-24)21-5-6-22-23(29-21)9-16(11-26-22)17-12-28-31(14-17)8-7-25-2;1-11-3-4-12(2)14(7-11)19-15(10-22-24-19)16-5-6-17-18(23-16)8-13(20)9-21-17/h3-6,9-14,25,32H,7-8H2,1-2H3,(H,27,30);3-10H,1-2H3,(H,22,24). The number of phenols is 1. The minimum Gasteiger partial charge on any atom is -0.508 e. The van der Waals surface area contributed by atoms with E-state index in [1.54, 1.807) is 24.5 Å². The molecule has 0 fully saturated rings. The third-order valence-corrected chi connectivity index (χ3v) is 10.0. The van der Waals surface area contributed by atoms with Gasteiger partial charge >= 0.3 is 0 Å². The number of nitrogens with one attached hydrogen (secondary N) is 3. The number of fused-ring (bicyclic) bond motifs is 2. The van der Waals surface area contributed by atoms with E-state index >= 15 is 0 Å². The highest BCUT2D eigenvalue weighted by molar-refractivity contribution is 9.10. The molecule has 0 saturated heterocycles. The Morgan fingerprint density at radius 1 is 0.643 bits per heavy atom. The summed E-state index contributed by atoms with van der Waals surface area (Å²) in [7, 11) is 1.92. The van der Waals surface area contributed by atoms with E-state index in [-0.39, 0.29) is 5.75 Å². The van der Waals surface area contributed by atoms with Gasteiger partial charge in [0.05, 0.1) is 70.0 Å². The minimum atomic E-state index is 0.210. The van der Waals surface area contributed by atoms with Crippen molar-refractivity contribution in [2.45, 2.75) is 27.3 Å². The maximum Gasteiger partial charge on any atom is 0.116 e. The zero-order valence-electron chi connectivity index (χ0n) is 31.2. The SMILES string of the molecule is CNCCn1cc(-c2cnc3ccc(-c4cn[nH]c4-c4cc(O)ccc4C)nc3c2)cn1.Cc1ccc(C)c(-c2[nH]ncc2-c2ccc3ncc(Br)cc3n2)c1. The van der Waals surface area contributed by atoms with Crippen molar-refractivity contribution < 1.29 is 5.11 Å². The average molecular weight is 805 g/mol. The Morgan fingerprint density at radius 2 is 1.27 bits per heavy atom. The van der Waals surface area contributed by atoms with Crippen LogP contribution >= 0.6 is 15.9 Å². The van der Waals surface area contributed by atoms with Gasteiger partial charge in [-0.25, -0.2) is 9.97 Å². The molecule has 7 heterocycles. The summed E-state index contributed by atoms with van der Waals surface area (Å²) in [4.78, 5) is 18.6. The number of hydrogen-bond donors (Lipinski definition) is 4. The van der Waals surface area contributed by atoms with Crippen LogP contribution in [0.2, 0.25) is 0 Å². The number of aromatic nitrogens is 10. The quantitative estimate of drug-likeness (QED) is 0.118. The van der Waals surface area contributed by atoms with E-state index in [4.69, 9.17) is 9.97 Å². The van der Waals surface area contributed by atoms with Crippen LogP contribution in [0.3, 0.4) is 0 Å². The highest BCUT2D eigenvalue weighted by atomic mass is 79.9. The van der Waals surface area contributed by atoms with Crippen molar-refractivity contribution in [2.75, 3.05) is 13.6 Å². The normalized spacial score (nSPS) is 11.2. The van der Waals surface area contributed by atoms with Crippen LogP contribution in [0.5, 0.6) is 5.75 Å². The molecule has 0 radical (unpaired) electrons. The molecule has 12 nitrogen and oxygen atoms in total. The highest BCUT2D eigenvalue weighted by Crippen LogP contribution is 2.35. The Bertz CT molecular complexity index is 2840. The van der Waals surface area contributed by atoms with Crippen LogP contribution < -0.4 is 5.32 Å². The largest absolute Gasteiger partial charge is 0.508 e. The monoisotopic (exact) mass is 803 g/mol. The molecule has 7 aromatic heterocycles. The second kappa shape index (κ2) is 15.7. The van der Waals surface area contributed by atoms with Crippen LogP contribution in [-0.2, 0) is 6.54 Å². The fourth-order valence-electron chi connectivity index (χ4n) is 6.56. The van der Waals surface area contributed by atoms with E-state index in [9.17, 15) is 5.11 Å².